The second-order valence-corrected chi connectivity index (χ2v) is 11.1. The maximum Gasteiger partial charge on any atom is 0.261 e. The molecule has 3 aromatic rings. The number of benzene rings is 3. The Labute approximate surface area is 229 Å². The van der Waals surface area contributed by atoms with Crippen LogP contribution in [-0.4, -0.2) is 34.9 Å². The van der Waals surface area contributed by atoms with Crippen LogP contribution in [0, 0.1) is 13.8 Å². The molecule has 0 aromatic heterocycles. The van der Waals surface area contributed by atoms with E-state index in [2.05, 4.69) is 5.32 Å². The van der Waals surface area contributed by atoms with Gasteiger partial charge in [-0.15, -0.1) is 0 Å². The van der Waals surface area contributed by atoms with E-state index in [0.717, 1.165) is 22.3 Å². The minimum atomic E-state index is -0.772. The van der Waals surface area contributed by atoms with Gasteiger partial charge in [-0.2, -0.15) is 0 Å². The zero-order valence-corrected chi connectivity index (χ0v) is 23.5. The smallest absolute Gasteiger partial charge is 0.261 e. The fraction of sp³-hybridized carbons (Fsp3) is 0.333. The molecule has 0 heterocycles. The van der Waals surface area contributed by atoms with Crippen LogP contribution >= 0.6 is 23.2 Å². The molecule has 3 rings (SSSR count). The molecule has 7 heteroatoms. The van der Waals surface area contributed by atoms with Crippen molar-refractivity contribution in [3.63, 3.8) is 0 Å². The Morgan fingerprint density at radius 2 is 1.54 bits per heavy atom. The molecule has 0 saturated heterocycles. The molecule has 0 fully saturated rings. The van der Waals surface area contributed by atoms with E-state index in [4.69, 9.17) is 27.9 Å². The zero-order chi connectivity index (χ0) is 27.2. The maximum atomic E-state index is 13.7. The number of aryl methyl sites for hydroxylation is 2. The van der Waals surface area contributed by atoms with Gasteiger partial charge in [-0.25, -0.2) is 0 Å². The van der Waals surface area contributed by atoms with Crippen molar-refractivity contribution in [2.75, 3.05) is 6.61 Å². The molecule has 0 aliphatic rings. The summed E-state index contributed by atoms with van der Waals surface area (Å²) >= 11 is 12.4. The molecule has 0 saturated carbocycles. The van der Waals surface area contributed by atoms with Gasteiger partial charge < -0.3 is 15.0 Å². The summed E-state index contributed by atoms with van der Waals surface area (Å²) in [4.78, 5) is 28.9. The number of amides is 2. The molecule has 0 aliphatic heterocycles. The summed E-state index contributed by atoms with van der Waals surface area (Å²) in [6.07, 6.45) is 0.347. The van der Waals surface area contributed by atoms with E-state index in [1.807, 2.05) is 83.1 Å². The van der Waals surface area contributed by atoms with E-state index in [-0.39, 0.29) is 25.0 Å². The van der Waals surface area contributed by atoms with Crippen LogP contribution in [0.2, 0.25) is 10.0 Å². The average Bonchev–Trinajstić information content (AvgIpc) is 2.81. The van der Waals surface area contributed by atoms with Crippen LogP contribution in [0.3, 0.4) is 0 Å². The van der Waals surface area contributed by atoms with Gasteiger partial charge in [0.15, 0.2) is 6.61 Å². The van der Waals surface area contributed by atoms with E-state index in [1.165, 1.54) is 0 Å². The molecule has 37 heavy (non-hydrogen) atoms. The number of halogens is 2. The van der Waals surface area contributed by atoms with Crippen molar-refractivity contribution in [3.8, 4) is 5.75 Å². The number of carbonyl (C=O) groups excluding carboxylic acids is 2. The van der Waals surface area contributed by atoms with Crippen molar-refractivity contribution < 1.29 is 14.3 Å². The van der Waals surface area contributed by atoms with Gasteiger partial charge in [0, 0.05) is 18.5 Å². The third kappa shape index (κ3) is 8.80. The largest absolute Gasteiger partial charge is 0.484 e. The monoisotopic (exact) mass is 540 g/mol. The summed E-state index contributed by atoms with van der Waals surface area (Å²) < 4.78 is 5.90. The van der Waals surface area contributed by atoms with E-state index < -0.39 is 11.6 Å². The van der Waals surface area contributed by atoms with Gasteiger partial charge in [0.2, 0.25) is 5.91 Å². The fourth-order valence-corrected chi connectivity index (χ4v) is 4.41. The SMILES string of the molecule is Cc1cc(C)cc(OCC(=O)N(Cc2ccc(Cl)c(Cl)c2)[C@H](Cc2ccccc2)C(=O)NC(C)(C)C)c1. The van der Waals surface area contributed by atoms with Crippen LogP contribution in [0.4, 0.5) is 0 Å². The van der Waals surface area contributed by atoms with Crippen LogP contribution in [0.25, 0.3) is 0 Å². The average molecular weight is 542 g/mol. The highest BCUT2D eigenvalue weighted by Crippen LogP contribution is 2.25. The van der Waals surface area contributed by atoms with Gasteiger partial charge in [-0.3, -0.25) is 9.59 Å². The quantitative estimate of drug-likeness (QED) is 0.335. The molecule has 0 unspecified atom stereocenters. The molecule has 0 radical (unpaired) electrons. The van der Waals surface area contributed by atoms with Gasteiger partial charge in [0.05, 0.1) is 10.0 Å². The summed E-state index contributed by atoms with van der Waals surface area (Å²) in [6, 6.07) is 19.9. The summed E-state index contributed by atoms with van der Waals surface area (Å²) in [7, 11) is 0. The highest BCUT2D eigenvalue weighted by Gasteiger charge is 2.32. The summed E-state index contributed by atoms with van der Waals surface area (Å²) in [6.45, 7) is 9.66. The van der Waals surface area contributed by atoms with Gasteiger partial charge in [0.1, 0.15) is 11.8 Å². The van der Waals surface area contributed by atoms with Crippen molar-refractivity contribution in [2.45, 2.75) is 59.2 Å². The Bertz CT molecular complexity index is 1220. The number of hydrogen-bond acceptors (Lipinski definition) is 3. The molecular weight excluding hydrogens is 507 g/mol. The standard InChI is InChI=1S/C30H34Cl2N2O3/c1-20-13-21(2)15-24(14-20)37-19-28(35)34(18-23-11-12-25(31)26(32)16-23)27(29(36)33-30(3,4)5)17-22-9-7-6-8-10-22/h6-16,27H,17-19H2,1-5H3,(H,33,36)/t27-/m1/s1. The number of nitrogens with zero attached hydrogens (tertiary/aromatic N) is 1. The molecular formula is C30H34Cl2N2O3. The zero-order valence-electron chi connectivity index (χ0n) is 22.0. The summed E-state index contributed by atoms with van der Waals surface area (Å²) in [5.74, 6) is 0.0606. The molecule has 0 aliphatic carbocycles. The first kappa shape index (κ1) is 28.5. The lowest BCUT2D eigenvalue weighted by Gasteiger charge is -2.33. The maximum absolute atomic E-state index is 13.7. The molecule has 5 nitrogen and oxygen atoms in total. The predicted octanol–water partition coefficient (Wildman–Crippen LogP) is 6.54. The van der Waals surface area contributed by atoms with E-state index in [9.17, 15) is 9.59 Å². The first-order valence-corrected chi connectivity index (χ1v) is 13.0. The summed E-state index contributed by atoms with van der Waals surface area (Å²) in [5, 5.41) is 3.86. The summed E-state index contributed by atoms with van der Waals surface area (Å²) in [5.41, 5.74) is 3.32. The van der Waals surface area contributed by atoms with Crippen molar-refractivity contribution in [1.29, 1.82) is 0 Å². The lowest BCUT2D eigenvalue weighted by atomic mass is 10.0. The Morgan fingerprint density at radius 1 is 0.892 bits per heavy atom. The Morgan fingerprint density at radius 3 is 2.14 bits per heavy atom. The van der Waals surface area contributed by atoms with E-state index in [0.29, 0.717) is 22.2 Å². The topological polar surface area (TPSA) is 58.6 Å². The second-order valence-electron chi connectivity index (χ2n) is 10.3. The molecule has 196 valence electrons. The predicted molar refractivity (Wildman–Crippen MR) is 150 cm³/mol. The first-order valence-electron chi connectivity index (χ1n) is 12.2. The molecule has 2 amide bonds. The number of nitrogens with one attached hydrogen (secondary N) is 1. The molecule has 1 atom stereocenters. The van der Waals surface area contributed by atoms with Gasteiger partial charge >= 0.3 is 0 Å². The second kappa shape index (κ2) is 12.5. The lowest BCUT2D eigenvalue weighted by Crippen LogP contribution is -2.55. The highest BCUT2D eigenvalue weighted by molar-refractivity contribution is 6.42. The Balaban J connectivity index is 1.96. The van der Waals surface area contributed by atoms with Crippen LogP contribution in [0.5, 0.6) is 5.75 Å². The Kier molecular flexibility index (Phi) is 9.63. The number of ether oxygens (including phenoxy) is 1. The van der Waals surface area contributed by atoms with Crippen LogP contribution < -0.4 is 10.1 Å². The van der Waals surface area contributed by atoms with Gasteiger partial charge in [-0.1, -0.05) is 65.7 Å². The molecule has 0 bridgehead atoms. The number of carbonyl (C=O) groups is 2. The van der Waals surface area contributed by atoms with Crippen molar-refractivity contribution in [1.82, 2.24) is 10.2 Å². The first-order chi connectivity index (χ1) is 17.4. The van der Waals surface area contributed by atoms with Gasteiger partial charge in [-0.05, 0) is 81.1 Å². The molecule has 1 N–H and O–H groups in total. The normalized spacial score (nSPS) is 12.1. The molecule has 3 aromatic carbocycles. The van der Waals surface area contributed by atoms with Crippen LogP contribution in [0.15, 0.2) is 66.7 Å². The third-order valence-corrected chi connectivity index (χ3v) is 6.40. The van der Waals surface area contributed by atoms with Crippen LogP contribution in [-0.2, 0) is 22.6 Å². The van der Waals surface area contributed by atoms with Crippen LogP contribution in [0.1, 0.15) is 43.0 Å². The Hall–Kier alpha value is -3.02. The minimum Gasteiger partial charge on any atom is -0.484 e. The van der Waals surface area contributed by atoms with E-state index >= 15 is 0 Å². The van der Waals surface area contributed by atoms with Crippen molar-refractivity contribution in [3.05, 3.63) is 99.0 Å². The van der Waals surface area contributed by atoms with Gasteiger partial charge in [0.25, 0.3) is 5.91 Å². The number of hydrogen-bond donors (Lipinski definition) is 1. The van der Waals surface area contributed by atoms with Crippen molar-refractivity contribution in [2.24, 2.45) is 0 Å². The highest BCUT2D eigenvalue weighted by atomic mass is 35.5. The fourth-order valence-electron chi connectivity index (χ4n) is 4.09. The van der Waals surface area contributed by atoms with Crippen molar-refractivity contribution >= 4 is 35.0 Å². The van der Waals surface area contributed by atoms with E-state index in [1.54, 1.807) is 23.1 Å². The lowest BCUT2D eigenvalue weighted by molar-refractivity contribution is -0.143. The number of rotatable bonds is 9. The third-order valence-electron chi connectivity index (χ3n) is 5.66. The minimum absolute atomic E-state index is 0.168. The molecule has 0 spiro atoms.